The van der Waals surface area contributed by atoms with E-state index in [1.54, 1.807) is 34.0 Å². The Morgan fingerprint density at radius 1 is 1.24 bits per heavy atom. The number of urea groups is 1. The van der Waals surface area contributed by atoms with Crippen molar-refractivity contribution in [3.63, 3.8) is 0 Å². The van der Waals surface area contributed by atoms with Gasteiger partial charge in [0.1, 0.15) is 5.82 Å². The zero-order valence-corrected chi connectivity index (χ0v) is 19.3. The third kappa shape index (κ3) is 4.90. The molecular weight excluding hydrogens is 445 g/mol. The summed E-state index contributed by atoms with van der Waals surface area (Å²) in [4.78, 5) is 18.9. The number of carbonyl (C=O) groups excluding carboxylic acids is 1. The maximum absolute atomic E-state index is 13.3. The van der Waals surface area contributed by atoms with E-state index >= 15 is 0 Å². The highest BCUT2D eigenvalue weighted by Gasteiger charge is 2.28. The molecule has 1 N–H and O–H groups in total. The van der Waals surface area contributed by atoms with Crippen molar-refractivity contribution in [2.75, 3.05) is 17.7 Å². The van der Waals surface area contributed by atoms with E-state index in [0.29, 0.717) is 24.2 Å². The van der Waals surface area contributed by atoms with Gasteiger partial charge < -0.3 is 5.32 Å². The maximum Gasteiger partial charge on any atom is 0.322 e. The van der Waals surface area contributed by atoms with E-state index in [1.165, 1.54) is 24.4 Å². The first-order chi connectivity index (χ1) is 15.8. The molecule has 3 heterocycles. The minimum Gasteiger partial charge on any atom is -0.331 e. The summed E-state index contributed by atoms with van der Waals surface area (Å²) in [6, 6.07) is 8.68. The summed E-state index contributed by atoms with van der Waals surface area (Å²) in [7, 11) is -3.46. The number of carbonyl (C=O) groups is 1. The fourth-order valence-corrected chi connectivity index (χ4v) is 4.65. The van der Waals surface area contributed by atoms with Gasteiger partial charge in [-0.25, -0.2) is 27.3 Å². The Bertz CT molecular complexity index is 1260. The summed E-state index contributed by atoms with van der Waals surface area (Å²) in [5, 5.41) is 7.48. The van der Waals surface area contributed by atoms with E-state index in [1.807, 2.05) is 6.92 Å². The van der Waals surface area contributed by atoms with Crippen LogP contribution in [-0.2, 0) is 16.3 Å². The zero-order valence-electron chi connectivity index (χ0n) is 18.5. The molecule has 1 aliphatic heterocycles. The number of halogens is 1. The van der Waals surface area contributed by atoms with Crippen molar-refractivity contribution < 1.29 is 17.6 Å². The van der Waals surface area contributed by atoms with Crippen LogP contribution in [0.5, 0.6) is 0 Å². The molecule has 2 aromatic heterocycles. The second-order valence-electron chi connectivity index (χ2n) is 8.11. The lowest BCUT2D eigenvalue weighted by molar-refractivity contribution is 0.241. The van der Waals surface area contributed by atoms with Gasteiger partial charge in [-0.1, -0.05) is 13.3 Å². The number of benzene rings is 1. The van der Waals surface area contributed by atoms with Gasteiger partial charge in [-0.2, -0.15) is 5.10 Å². The van der Waals surface area contributed by atoms with E-state index < -0.39 is 9.84 Å². The number of anilines is 1. The summed E-state index contributed by atoms with van der Waals surface area (Å²) in [5.74, 6) is -0.321. The molecule has 8 nitrogen and oxygen atoms in total. The van der Waals surface area contributed by atoms with Crippen molar-refractivity contribution >= 4 is 21.6 Å². The molecule has 174 valence electrons. The van der Waals surface area contributed by atoms with Crippen LogP contribution in [0.1, 0.15) is 43.5 Å². The largest absolute Gasteiger partial charge is 0.331 e. The fraction of sp³-hybridized carbons (Fsp3) is 0.348. The number of sulfone groups is 1. The molecule has 3 aromatic rings. The van der Waals surface area contributed by atoms with Crippen molar-refractivity contribution in [3.05, 3.63) is 65.9 Å². The molecule has 1 aliphatic rings. The molecule has 0 saturated heterocycles. The van der Waals surface area contributed by atoms with Crippen LogP contribution in [0.15, 0.2) is 53.8 Å². The Balaban J connectivity index is 1.59. The number of aromatic nitrogens is 3. The predicted molar refractivity (Wildman–Crippen MR) is 123 cm³/mol. The number of nitrogens with one attached hydrogen (secondary N) is 1. The summed E-state index contributed by atoms with van der Waals surface area (Å²) in [5.41, 5.74) is 3.02. The number of nitrogens with zero attached hydrogens (tertiary/aromatic N) is 4. The number of hydrogen-bond acceptors (Lipinski definition) is 5. The van der Waals surface area contributed by atoms with Crippen LogP contribution in [0, 0.1) is 5.82 Å². The van der Waals surface area contributed by atoms with Gasteiger partial charge in [0, 0.05) is 19.0 Å². The first-order valence-electron chi connectivity index (χ1n) is 10.8. The molecule has 1 unspecified atom stereocenters. The van der Waals surface area contributed by atoms with E-state index in [4.69, 9.17) is 0 Å². The van der Waals surface area contributed by atoms with Crippen molar-refractivity contribution in [2.24, 2.45) is 0 Å². The molecule has 10 heteroatoms. The van der Waals surface area contributed by atoms with Gasteiger partial charge in [0.15, 0.2) is 14.9 Å². The lowest BCUT2D eigenvalue weighted by Gasteiger charge is -2.29. The molecule has 0 saturated carbocycles. The van der Waals surface area contributed by atoms with Gasteiger partial charge in [-0.3, -0.25) is 4.90 Å². The van der Waals surface area contributed by atoms with Crippen LogP contribution in [0.3, 0.4) is 0 Å². The molecule has 0 spiro atoms. The van der Waals surface area contributed by atoms with E-state index in [-0.39, 0.29) is 22.9 Å². The van der Waals surface area contributed by atoms with Crippen molar-refractivity contribution in [3.8, 4) is 5.69 Å². The van der Waals surface area contributed by atoms with Gasteiger partial charge >= 0.3 is 6.03 Å². The van der Waals surface area contributed by atoms with Crippen LogP contribution in [-0.4, -0.2) is 42.0 Å². The molecule has 0 bridgehead atoms. The van der Waals surface area contributed by atoms with Crippen LogP contribution >= 0.6 is 0 Å². The van der Waals surface area contributed by atoms with Crippen molar-refractivity contribution in [1.29, 1.82) is 0 Å². The van der Waals surface area contributed by atoms with Crippen molar-refractivity contribution in [2.45, 2.75) is 43.7 Å². The van der Waals surface area contributed by atoms with Crippen molar-refractivity contribution in [1.82, 2.24) is 20.1 Å². The molecule has 2 amide bonds. The lowest BCUT2D eigenvalue weighted by atomic mass is 10.0. The summed E-state index contributed by atoms with van der Waals surface area (Å²) >= 11 is 0. The SMILES string of the molecule is CCCC(NC(=O)N1CCCc2c1cnn2-c1ccc(F)cc1)c1ccnc(S(C)(=O)=O)c1. The Hall–Kier alpha value is -3.27. The number of rotatable bonds is 6. The van der Waals surface area contributed by atoms with Crippen LogP contribution in [0.25, 0.3) is 5.69 Å². The first-order valence-corrected chi connectivity index (χ1v) is 12.7. The zero-order chi connectivity index (χ0) is 23.6. The number of fused-ring (bicyclic) bond motifs is 1. The number of pyridine rings is 1. The third-order valence-electron chi connectivity index (χ3n) is 5.67. The standard InChI is InChI=1S/C23H26FN5O3S/c1-3-5-19(16-11-12-25-22(14-16)33(2,31)32)27-23(30)28-13-4-6-20-21(28)15-26-29(20)18-9-7-17(24)8-10-18/h7-12,14-15,19H,3-6,13H2,1-2H3,(H,27,30). The Morgan fingerprint density at radius 3 is 2.70 bits per heavy atom. The van der Waals surface area contributed by atoms with Gasteiger partial charge in [0.05, 0.1) is 29.3 Å². The minimum atomic E-state index is -3.46. The Kier molecular flexibility index (Phi) is 6.46. The normalized spacial score (nSPS) is 14.6. The average molecular weight is 472 g/mol. The fourth-order valence-electron chi connectivity index (χ4n) is 4.05. The van der Waals surface area contributed by atoms with Gasteiger partial charge in [0.25, 0.3) is 0 Å². The van der Waals surface area contributed by atoms with Crippen LogP contribution in [0.2, 0.25) is 0 Å². The number of hydrogen-bond donors (Lipinski definition) is 1. The Morgan fingerprint density at radius 2 is 2.00 bits per heavy atom. The molecule has 0 radical (unpaired) electrons. The predicted octanol–water partition coefficient (Wildman–Crippen LogP) is 3.81. The maximum atomic E-state index is 13.3. The quantitative estimate of drug-likeness (QED) is 0.590. The van der Waals surface area contributed by atoms with Gasteiger partial charge in [-0.15, -0.1) is 0 Å². The molecular formula is C23H26FN5O3S. The molecule has 1 atom stereocenters. The van der Waals surface area contributed by atoms with Gasteiger partial charge in [0.2, 0.25) is 0 Å². The molecule has 4 rings (SSSR count). The Labute approximate surface area is 192 Å². The van der Waals surface area contributed by atoms with Crippen LogP contribution < -0.4 is 10.2 Å². The highest BCUT2D eigenvalue weighted by molar-refractivity contribution is 7.90. The molecule has 0 aliphatic carbocycles. The average Bonchev–Trinajstić information content (AvgIpc) is 3.23. The monoisotopic (exact) mass is 471 g/mol. The third-order valence-corrected chi connectivity index (χ3v) is 6.65. The van der Waals surface area contributed by atoms with E-state index in [0.717, 1.165) is 36.9 Å². The summed E-state index contributed by atoms with van der Waals surface area (Å²) < 4.78 is 38.9. The smallest absolute Gasteiger partial charge is 0.322 e. The topological polar surface area (TPSA) is 97.2 Å². The van der Waals surface area contributed by atoms with Gasteiger partial charge in [-0.05, 0) is 61.2 Å². The van der Waals surface area contributed by atoms with E-state index in [2.05, 4.69) is 15.4 Å². The summed E-state index contributed by atoms with van der Waals surface area (Å²) in [6.45, 7) is 2.54. The number of amides is 2. The van der Waals surface area contributed by atoms with E-state index in [9.17, 15) is 17.6 Å². The second-order valence-corrected chi connectivity index (χ2v) is 10.1. The second kappa shape index (κ2) is 9.30. The molecule has 0 fully saturated rings. The molecule has 33 heavy (non-hydrogen) atoms. The molecule has 1 aromatic carbocycles. The minimum absolute atomic E-state index is 0.0174. The highest BCUT2D eigenvalue weighted by Crippen LogP contribution is 2.30. The lowest BCUT2D eigenvalue weighted by Crippen LogP contribution is -2.44. The first kappa shape index (κ1) is 22.9. The highest BCUT2D eigenvalue weighted by atomic mass is 32.2. The van der Waals surface area contributed by atoms with Crippen LogP contribution in [0.4, 0.5) is 14.9 Å². The summed E-state index contributed by atoms with van der Waals surface area (Å²) in [6.07, 6.45) is 7.17.